The van der Waals surface area contributed by atoms with Crippen LogP contribution < -0.4 is 14.2 Å². The van der Waals surface area contributed by atoms with E-state index < -0.39 is 11.5 Å². The molecule has 3 fully saturated rings. The van der Waals surface area contributed by atoms with Gasteiger partial charge < -0.3 is 19.1 Å². The van der Waals surface area contributed by atoms with Crippen LogP contribution in [0.5, 0.6) is 23.0 Å². The highest BCUT2D eigenvalue weighted by Gasteiger charge is 2.54. The molecular weight excluding hydrogens is 589 g/mol. The summed E-state index contributed by atoms with van der Waals surface area (Å²) in [4.78, 5) is 47.8. The van der Waals surface area contributed by atoms with Crippen molar-refractivity contribution < 1.29 is 33.0 Å². The number of ketones is 2. The lowest BCUT2D eigenvalue weighted by Gasteiger charge is -2.31. The number of amides is 1. The fraction of sp³-hybridized carbons (Fsp3) is 0.333. The quantitative estimate of drug-likeness (QED) is 0.206. The fourth-order valence-electron chi connectivity index (χ4n) is 6.65. The molecule has 2 saturated heterocycles. The lowest BCUT2D eigenvalue weighted by molar-refractivity contribution is -0.133. The molecule has 236 valence electrons. The van der Waals surface area contributed by atoms with Crippen molar-refractivity contribution in [2.24, 2.45) is 5.41 Å². The first-order valence-electron chi connectivity index (χ1n) is 15.5. The summed E-state index contributed by atoms with van der Waals surface area (Å²) in [6.07, 6.45) is 3.53. The largest absolute Gasteiger partial charge is 0.493 e. The van der Waals surface area contributed by atoms with Crippen LogP contribution in [0.15, 0.2) is 72.9 Å². The van der Waals surface area contributed by atoms with Crippen molar-refractivity contribution >= 4 is 28.6 Å². The predicted octanol–water partition coefficient (Wildman–Crippen LogP) is 5.77. The van der Waals surface area contributed by atoms with Gasteiger partial charge in [-0.15, -0.1) is 0 Å². The first-order valence-corrected chi connectivity index (χ1v) is 15.5. The van der Waals surface area contributed by atoms with Gasteiger partial charge in [0.15, 0.2) is 23.1 Å². The molecule has 3 aliphatic rings. The summed E-state index contributed by atoms with van der Waals surface area (Å²) in [6, 6.07) is 18.7. The van der Waals surface area contributed by atoms with Crippen molar-refractivity contribution in [3.05, 3.63) is 89.9 Å². The second-order valence-corrected chi connectivity index (χ2v) is 12.5. The summed E-state index contributed by atoms with van der Waals surface area (Å²) in [5.41, 5.74) is 1.11. The minimum absolute atomic E-state index is 0.0958. The standard InChI is InChI=1S/C36H34FN3O6/c1-39-20-26-17-25(39)21-40(26)35(43)46-32-19-29-28(18-31(32)44-2)30(11-14-38-29)45-27-9-5-23(6-10-27)16-34(42)36(12-13-36)33(41)15-22-3-7-24(37)8-4-22/h3-11,14,18-19,25-26H,12-13,15-17,20-21H2,1-2H3/t25-,26-/m0/s1. The first kappa shape index (κ1) is 29.9. The maximum atomic E-state index is 13.2. The Bertz CT molecular complexity index is 1820. The van der Waals surface area contributed by atoms with E-state index >= 15 is 0 Å². The third-order valence-electron chi connectivity index (χ3n) is 9.54. The zero-order valence-electron chi connectivity index (χ0n) is 25.7. The van der Waals surface area contributed by atoms with E-state index in [2.05, 4.69) is 16.9 Å². The number of carbonyl (C=O) groups is 3. The number of hydrogen-bond acceptors (Lipinski definition) is 8. The monoisotopic (exact) mass is 623 g/mol. The van der Waals surface area contributed by atoms with E-state index in [1.54, 1.807) is 53.6 Å². The summed E-state index contributed by atoms with van der Waals surface area (Å²) in [5, 5.41) is 0.676. The number of likely N-dealkylation sites (N-methyl/N-ethyl adjacent to an activating group) is 1. The molecule has 0 radical (unpaired) electrons. The summed E-state index contributed by atoms with van der Waals surface area (Å²) in [5.74, 6) is 1.20. The summed E-state index contributed by atoms with van der Waals surface area (Å²) < 4.78 is 30.8. The highest BCUT2D eigenvalue weighted by atomic mass is 19.1. The van der Waals surface area contributed by atoms with E-state index in [1.165, 1.54) is 19.2 Å². The van der Waals surface area contributed by atoms with Crippen LogP contribution in [-0.2, 0) is 22.4 Å². The van der Waals surface area contributed by atoms with Crippen molar-refractivity contribution in [1.82, 2.24) is 14.8 Å². The van der Waals surface area contributed by atoms with Crippen molar-refractivity contribution in [2.75, 3.05) is 27.2 Å². The number of piperazine rings is 1. The minimum Gasteiger partial charge on any atom is -0.493 e. The molecule has 3 heterocycles. The maximum Gasteiger partial charge on any atom is 0.415 e. The van der Waals surface area contributed by atoms with Gasteiger partial charge in [0.25, 0.3) is 0 Å². The smallest absolute Gasteiger partial charge is 0.415 e. The second kappa shape index (κ2) is 11.8. The van der Waals surface area contributed by atoms with Gasteiger partial charge in [-0.2, -0.15) is 0 Å². The van der Waals surface area contributed by atoms with Gasteiger partial charge in [0, 0.05) is 55.7 Å². The molecule has 0 N–H and O–H groups in total. The molecule has 2 bridgehead atoms. The number of likely N-dealkylation sites (tertiary alicyclic amines) is 2. The van der Waals surface area contributed by atoms with Gasteiger partial charge in [0.05, 0.1) is 18.0 Å². The number of aromatic nitrogens is 1. The summed E-state index contributed by atoms with van der Waals surface area (Å²) in [6.45, 7) is 1.49. The summed E-state index contributed by atoms with van der Waals surface area (Å²) in [7, 11) is 3.60. The van der Waals surface area contributed by atoms with Crippen molar-refractivity contribution in [1.29, 1.82) is 0 Å². The summed E-state index contributed by atoms with van der Waals surface area (Å²) >= 11 is 0. The molecule has 3 aromatic carbocycles. The van der Waals surface area contributed by atoms with E-state index in [0.717, 1.165) is 18.5 Å². The maximum absolute atomic E-state index is 13.2. The zero-order chi connectivity index (χ0) is 32.0. The Morgan fingerprint density at radius 1 is 0.870 bits per heavy atom. The number of ether oxygens (including phenoxy) is 3. The van der Waals surface area contributed by atoms with Gasteiger partial charge in [-0.25, -0.2) is 9.18 Å². The molecule has 10 heteroatoms. The number of hydrogen-bond donors (Lipinski definition) is 0. The third kappa shape index (κ3) is 5.69. The van der Waals surface area contributed by atoms with Crippen LogP contribution in [0, 0.1) is 11.2 Å². The van der Waals surface area contributed by atoms with Crippen LogP contribution >= 0.6 is 0 Å². The average Bonchev–Trinajstić information content (AvgIpc) is 3.66. The minimum atomic E-state index is -0.948. The van der Waals surface area contributed by atoms with Gasteiger partial charge in [-0.1, -0.05) is 24.3 Å². The molecule has 7 rings (SSSR count). The SMILES string of the molecule is COc1cc2c(Oc3ccc(CC(=O)C4(C(=O)Cc5ccc(F)cc5)CC4)cc3)ccnc2cc1OC(=O)N1C[C@@H]2C[C@H]1CN2C. The van der Waals surface area contributed by atoms with E-state index in [-0.39, 0.29) is 36.3 Å². The Hall–Kier alpha value is -4.83. The highest BCUT2D eigenvalue weighted by molar-refractivity contribution is 6.11. The number of benzene rings is 3. The molecule has 9 nitrogen and oxygen atoms in total. The molecule has 0 spiro atoms. The molecule has 1 saturated carbocycles. The van der Waals surface area contributed by atoms with Crippen molar-refractivity contribution in [2.45, 2.75) is 44.2 Å². The molecule has 0 unspecified atom stereocenters. The van der Waals surface area contributed by atoms with Gasteiger partial charge in [-0.3, -0.25) is 19.5 Å². The number of rotatable bonds is 10. The van der Waals surface area contributed by atoms with Crippen LogP contribution in [0.4, 0.5) is 9.18 Å². The lowest BCUT2D eigenvalue weighted by Crippen LogP contribution is -2.48. The molecule has 1 aromatic heterocycles. The number of Topliss-reactive ketones (excluding diaryl/α,β-unsaturated/α-hetero) is 2. The van der Waals surface area contributed by atoms with Gasteiger partial charge >= 0.3 is 6.09 Å². The van der Waals surface area contributed by atoms with Gasteiger partial charge in [-0.05, 0) is 73.8 Å². The molecular formula is C36H34FN3O6. The predicted molar refractivity (Wildman–Crippen MR) is 168 cm³/mol. The average molecular weight is 624 g/mol. The normalized spacial score (nSPS) is 19.7. The number of nitrogens with zero attached hydrogens (tertiary/aromatic N) is 3. The van der Waals surface area contributed by atoms with Crippen LogP contribution in [0.3, 0.4) is 0 Å². The zero-order valence-corrected chi connectivity index (χ0v) is 25.7. The molecule has 1 aliphatic carbocycles. The Balaban J connectivity index is 1.02. The topological polar surface area (TPSA) is 98.3 Å². The highest BCUT2D eigenvalue weighted by Crippen LogP contribution is 2.49. The van der Waals surface area contributed by atoms with E-state index in [1.807, 2.05) is 12.1 Å². The molecule has 2 aliphatic heterocycles. The van der Waals surface area contributed by atoms with Gasteiger partial charge in [0.1, 0.15) is 17.3 Å². The molecule has 4 aromatic rings. The van der Waals surface area contributed by atoms with E-state index in [4.69, 9.17) is 14.2 Å². The van der Waals surface area contributed by atoms with Crippen molar-refractivity contribution in [3.63, 3.8) is 0 Å². The number of carbonyl (C=O) groups excluding carboxylic acids is 3. The molecule has 2 atom stereocenters. The number of methoxy groups -OCH3 is 1. The van der Waals surface area contributed by atoms with Crippen LogP contribution in [0.25, 0.3) is 10.9 Å². The Labute approximate surface area is 265 Å². The third-order valence-corrected chi connectivity index (χ3v) is 9.54. The van der Waals surface area contributed by atoms with E-state index in [9.17, 15) is 18.8 Å². The lowest BCUT2D eigenvalue weighted by atomic mass is 9.88. The number of fused-ring (bicyclic) bond motifs is 3. The van der Waals surface area contributed by atoms with Crippen LogP contribution in [0.1, 0.15) is 30.4 Å². The van der Waals surface area contributed by atoms with Crippen LogP contribution in [0.2, 0.25) is 0 Å². The second-order valence-electron chi connectivity index (χ2n) is 12.5. The molecule has 1 amide bonds. The van der Waals surface area contributed by atoms with Gasteiger partial charge in [0.2, 0.25) is 0 Å². The first-order chi connectivity index (χ1) is 22.2. The number of halogens is 1. The molecule has 46 heavy (non-hydrogen) atoms. The van der Waals surface area contributed by atoms with E-state index in [0.29, 0.717) is 64.9 Å². The fourth-order valence-corrected chi connectivity index (χ4v) is 6.65. The number of pyridine rings is 1. The van der Waals surface area contributed by atoms with Crippen LogP contribution in [-0.4, -0.2) is 71.8 Å². The van der Waals surface area contributed by atoms with Crippen molar-refractivity contribution in [3.8, 4) is 23.0 Å². The Morgan fingerprint density at radius 2 is 1.54 bits per heavy atom. The Morgan fingerprint density at radius 3 is 2.13 bits per heavy atom. The Kier molecular flexibility index (Phi) is 7.68.